The van der Waals surface area contributed by atoms with Gasteiger partial charge in [0.1, 0.15) is 13.2 Å². The lowest BCUT2D eigenvalue weighted by atomic mass is 10.1. The van der Waals surface area contributed by atoms with Crippen LogP contribution in [0.1, 0.15) is 21.5 Å². The van der Waals surface area contributed by atoms with Crippen molar-refractivity contribution >= 4 is 40.1 Å². The summed E-state index contributed by atoms with van der Waals surface area (Å²) in [6.45, 7) is 3.35. The van der Waals surface area contributed by atoms with Crippen LogP contribution in [0.5, 0.6) is 11.5 Å². The summed E-state index contributed by atoms with van der Waals surface area (Å²) < 4.78 is 12.0. The van der Waals surface area contributed by atoms with Crippen molar-refractivity contribution in [2.75, 3.05) is 13.2 Å². The number of benzene rings is 2. The van der Waals surface area contributed by atoms with Crippen LogP contribution < -0.4 is 14.8 Å². The number of rotatable bonds is 3. The van der Waals surface area contributed by atoms with Gasteiger partial charge in [-0.1, -0.05) is 23.7 Å². The lowest BCUT2D eigenvalue weighted by molar-refractivity contribution is 0.0950. The molecule has 0 aliphatic carbocycles. The Balaban J connectivity index is 1.74. The van der Waals surface area contributed by atoms with Gasteiger partial charge in [0, 0.05) is 10.1 Å². The first-order chi connectivity index (χ1) is 11.1. The maximum absolute atomic E-state index is 12.4. The van der Waals surface area contributed by atoms with Crippen LogP contribution in [0.15, 0.2) is 30.3 Å². The Morgan fingerprint density at radius 2 is 2.09 bits per heavy atom. The summed E-state index contributed by atoms with van der Waals surface area (Å²) in [5.41, 5.74) is 2.63. The summed E-state index contributed by atoms with van der Waals surface area (Å²) in [6, 6.07) is 9.33. The van der Waals surface area contributed by atoms with Gasteiger partial charge in [-0.25, -0.2) is 0 Å². The molecule has 0 radical (unpaired) electrons. The monoisotopic (exact) mass is 443 g/mol. The Morgan fingerprint density at radius 3 is 2.91 bits per heavy atom. The number of fused-ring (bicyclic) bond motifs is 1. The van der Waals surface area contributed by atoms with Gasteiger partial charge < -0.3 is 14.8 Å². The molecular weight excluding hydrogens is 429 g/mol. The van der Waals surface area contributed by atoms with Gasteiger partial charge in [-0.3, -0.25) is 4.79 Å². The quantitative estimate of drug-likeness (QED) is 0.731. The van der Waals surface area contributed by atoms with Crippen LogP contribution in [0.25, 0.3) is 0 Å². The van der Waals surface area contributed by atoms with Crippen LogP contribution in [0.2, 0.25) is 5.02 Å². The van der Waals surface area contributed by atoms with Gasteiger partial charge in [-0.05, 0) is 58.8 Å². The third kappa shape index (κ3) is 3.55. The number of halogens is 2. The minimum Gasteiger partial charge on any atom is -0.486 e. The van der Waals surface area contributed by atoms with Gasteiger partial charge in [-0.15, -0.1) is 0 Å². The second-order valence-corrected chi connectivity index (χ2v) is 6.71. The van der Waals surface area contributed by atoms with E-state index in [9.17, 15) is 4.79 Å². The van der Waals surface area contributed by atoms with Crippen LogP contribution in [0.3, 0.4) is 0 Å². The molecule has 1 aliphatic heterocycles. The fourth-order valence-electron chi connectivity index (χ4n) is 2.37. The first-order valence-corrected chi connectivity index (χ1v) is 8.63. The zero-order chi connectivity index (χ0) is 16.4. The number of ether oxygens (including phenoxy) is 2. The van der Waals surface area contributed by atoms with Crippen LogP contribution in [0, 0.1) is 10.5 Å². The summed E-state index contributed by atoms with van der Waals surface area (Å²) in [6.07, 6.45) is 0. The fourth-order valence-corrected chi connectivity index (χ4v) is 3.26. The third-order valence-electron chi connectivity index (χ3n) is 3.55. The summed E-state index contributed by atoms with van der Waals surface area (Å²) in [5, 5.41) is 3.42. The number of nitrogens with one attached hydrogen (secondary N) is 1. The van der Waals surface area contributed by atoms with Crippen LogP contribution in [-0.2, 0) is 6.54 Å². The lowest BCUT2D eigenvalue weighted by Crippen LogP contribution is -2.24. The highest BCUT2D eigenvalue weighted by Gasteiger charge is 2.17. The van der Waals surface area contributed by atoms with E-state index in [4.69, 9.17) is 21.1 Å². The van der Waals surface area contributed by atoms with Gasteiger partial charge in [0.15, 0.2) is 11.5 Å². The molecule has 0 atom stereocenters. The zero-order valence-electron chi connectivity index (χ0n) is 12.5. The Hall–Kier alpha value is -1.47. The summed E-state index contributed by atoms with van der Waals surface area (Å²) >= 11 is 8.40. The molecule has 6 heteroatoms. The van der Waals surface area contributed by atoms with Gasteiger partial charge >= 0.3 is 0 Å². The molecule has 0 spiro atoms. The van der Waals surface area contributed by atoms with E-state index in [-0.39, 0.29) is 5.91 Å². The normalized spacial score (nSPS) is 12.8. The molecule has 1 amide bonds. The molecule has 1 aliphatic rings. The van der Waals surface area contributed by atoms with E-state index in [1.165, 1.54) is 0 Å². The van der Waals surface area contributed by atoms with E-state index in [2.05, 4.69) is 27.9 Å². The highest BCUT2D eigenvalue weighted by Crippen LogP contribution is 2.38. The average molecular weight is 444 g/mol. The lowest BCUT2D eigenvalue weighted by Gasteiger charge is -2.20. The SMILES string of the molecule is Cc1cccc(C(=O)NCc2cc(Cl)c3c(c2)OCCO3)c1I. The highest BCUT2D eigenvalue weighted by molar-refractivity contribution is 14.1. The topological polar surface area (TPSA) is 47.6 Å². The van der Waals surface area contributed by atoms with Crippen molar-refractivity contribution < 1.29 is 14.3 Å². The Bertz CT molecular complexity index is 764. The van der Waals surface area contributed by atoms with Crippen molar-refractivity contribution in [3.05, 3.63) is 55.6 Å². The molecule has 0 fully saturated rings. The number of aryl methyl sites for hydroxylation is 1. The molecule has 0 aromatic heterocycles. The van der Waals surface area contributed by atoms with Gasteiger partial charge in [-0.2, -0.15) is 0 Å². The number of hydrogen-bond acceptors (Lipinski definition) is 3. The summed E-state index contributed by atoms with van der Waals surface area (Å²) in [4.78, 5) is 12.4. The van der Waals surface area contributed by atoms with Crippen molar-refractivity contribution in [1.82, 2.24) is 5.32 Å². The highest BCUT2D eigenvalue weighted by atomic mass is 127. The van der Waals surface area contributed by atoms with Crippen molar-refractivity contribution in [3.8, 4) is 11.5 Å². The van der Waals surface area contributed by atoms with Gasteiger partial charge in [0.05, 0.1) is 10.6 Å². The third-order valence-corrected chi connectivity index (χ3v) is 5.26. The standard InChI is InChI=1S/C17H15ClINO3/c1-10-3-2-4-12(15(10)19)17(21)20-9-11-7-13(18)16-14(8-11)22-5-6-23-16/h2-4,7-8H,5-6,9H2,1H3,(H,20,21). The zero-order valence-corrected chi connectivity index (χ0v) is 15.4. The van der Waals surface area contributed by atoms with Crippen molar-refractivity contribution in [2.45, 2.75) is 13.5 Å². The molecule has 0 saturated carbocycles. The largest absolute Gasteiger partial charge is 0.486 e. The average Bonchev–Trinajstić information content (AvgIpc) is 2.55. The molecule has 23 heavy (non-hydrogen) atoms. The molecule has 0 saturated heterocycles. The van der Waals surface area contributed by atoms with E-state index in [1.54, 1.807) is 6.07 Å². The van der Waals surface area contributed by atoms with Gasteiger partial charge in [0.2, 0.25) is 0 Å². The minimum absolute atomic E-state index is 0.107. The molecule has 2 aromatic rings. The molecule has 2 aromatic carbocycles. The van der Waals surface area contributed by atoms with E-state index in [0.717, 1.165) is 14.7 Å². The maximum Gasteiger partial charge on any atom is 0.252 e. The van der Waals surface area contributed by atoms with Crippen molar-refractivity contribution in [3.63, 3.8) is 0 Å². The predicted octanol–water partition coefficient (Wildman–Crippen LogP) is 3.95. The Labute approximate surface area is 153 Å². The molecule has 120 valence electrons. The molecule has 0 unspecified atom stereocenters. The number of hydrogen-bond donors (Lipinski definition) is 1. The minimum atomic E-state index is -0.107. The molecule has 3 rings (SSSR count). The summed E-state index contributed by atoms with van der Waals surface area (Å²) in [5.74, 6) is 1.09. The smallest absolute Gasteiger partial charge is 0.252 e. The maximum atomic E-state index is 12.4. The second kappa shape index (κ2) is 6.97. The predicted molar refractivity (Wildman–Crippen MR) is 97.5 cm³/mol. The van der Waals surface area contributed by atoms with E-state index in [0.29, 0.717) is 41.8 Å². The first-order valence-electron chi connectivity index (χ1n) is 7.17. The Morgan fingerprint density at radius 1 is 1.30 bits per heavy atom. The molecule has 0 bridgehead atoms. The van der Waals surface area contributed by atoms with Crippen molar-refractivity contribution in [1.29, 1.82) is 0 Å². The van der Waals surface area contributed by atoms with Crippen LogP contribution in [0.4, 0.5) is 0 Å². The summed E-state index contributed by atoms with van der Waals surface area (Å²) in [7, 11) is 0. The van der Waals surface area contributed by atoms with E-state index in [1.807, 2.05) is 31.2 Å². The molecule has 1 N–H and O–H groups in total. The fraction of sp³-hybridized carbons (Fsp3) is 0.235. The van der Waals surface area contributed by atoms with E-state index >= 15 is 0 Å². The molecule has 4 nitrogen and oxygen atoms in total. The first kappa shape index (κ1) is 16.4. The van der Waals surface area contributed by atoms with Crippen molar-refractivity contribution in [2.24, 2.45) is 0 Å². The number of carbonyl (C=O) groups excluding carboxylic acids is 1. The van der Waals surface area contributed by atoms with E-state index < -0.39 is 0 Å². The second-order valence-electron chi connectivity index (χ2n) is 5.22. The molecule has 1 heterocycles. The van der Waals surface area contributed by atoms with Crippen LogP contribution >= 0.6 is 34.2 Å². The van der Waals surface area contributed by atoms with Gasteiger partial charge in [0.25, 0.3) is 5.91 Å². The number of amides is 1. The Kier molecular flexibility index (Phi) is 4.96. The van der Waals surface area contributed by atoms with Crippen LogP contribution in [-0.4, -0.2) is 19.1 Å². The molecular formula is C17H15ClINO3. The number of carbonyl (C=O) groups is 1.